The second-order valence-corrected chi connectivity index (χ2v) is 9.61. The first-order valence-electron chi connectivity index (χ1n) is 13.2. The summed E-state index contributed by atoms with van der Waals surface area (Å²) in [5, 5.41) is 0. The Labute approximate surface area is 214 Å². The van der Waals surface area contributed by atoms with E-state index in [1.165, 1.54) is 24.5 Å². The second-order valence-electron chi connectivity index (χ2n) is 9.61. The van der Waals surface area contributed by atoms with Gasteiger partial charge >= 0.3 is 0 Å². The number of aromatic nitrogens is 2. The second kappa shape index (κ2) is 12.1. The summed E-state index contributed by atoms with van der Waals surface area (Å²) < 4.78 is 13.9. The number of halogens is 1. The van der Waals surface area contributed by atoms with Crippen LogP contribution in [0.15, 0.2) is 48.5 Å². The number of hydrogen-bond donors (Lipinski definition) is 0. The van der Waals surface area contributed by atoms with Crippen LogP contribution >= 0.6 is 0 Å². The Kier molecular flexibility index (Phi) is 8.68. The van der Waals surface area contributed by atoms with E-state index in [0.717, 1.165) is 66.4 Å². The molecule has 0 aliphatic carbocycles. The lowest BCUT2D eigenvalue weighted by atomic mass is 10.0. The highest BCUT2D eigenvalue weighted by Gasteiger charge is 2.24. The zero-order valence-corrected chi connectivity index (χ0v) is 21.8. The number of rotatable bonds is 8. The van der Waals surface area contributed by atoms with Gasteiger partial charge in [0.05, 0.1) is 0 Å². The number of carbonyl (C=O) groups is 1. The molecule has 1 amide bonds. The molecule has 1 aliphatic heterocycles. The molecule has 0 saturated carbocycles. The standard InChI is InChI=1S/C30H37FN4O/c1-4-6-9-23-12-14-25(15-13-23)30(36)35-17-8-16-34(18-19-35)29-27(28(5-2)32-22(3)33-29)21-24-10-7-11-26(31)20-24/h7,10-15,20H,4-6,8-9,16-19,21H2,1-3H3. The Balaban J connectivity index is 1.52. The molecule has 6 heteroatoms. The smallest absolute Gasteiger partial charge is 0.253 e. The van der Waals surface area contributed by atoms with Crippen molar-refractivity contribution < 1.29 is 9.18 Å². The van der Waals surface area contributed by atoms with Crippen LogP contribution in [-0.4, -0.2) is 47.0 Å². The zero-order chi connectivity index (χ0) is 25.5. The Bertz CT molecular complexity index is 1180. The molecule has 1 aliphatic rings. The average Bonchev–Trinajstić information content (AvgIpc) is 3.14. The molecule has 1 aromatic heterocycles. The molecule has 2 aromatic carbocycles. The molecule has 0 N–H and O–H groups in total. The number of unbranched alkanes of at least 4 members (excludes halogenated alkanes) is 1. The van der Waals surface area contributed by atoms with Crippen molar-refractivity contribution in [3.63, 3.8) is 0 Å². The quantitative estimate of drug-likeness (QED) is 0.404. The van der Waals surface area contributed by atoms with Crippen molar-refractivity contribution in [1.29, 1.82) is 0 Å². The molecule has 4 rings (SSSR count). The lowest BCUT2D eigenvalue weighted by Gasteiger charge is -2.26. The van der Waals surface area contributed by atoms with Gasteiger partial charge in [0, 0.05) is 49.4 Å². The maximum atomic E-state index is 13.9. The van der Waals surface area contributed by atoms with Crippen LogP contribution in [0.3, 0.4) is 0 Å². The maximum absolute atomic E-state index is 13.9. The first-order chi connectivity index (χ1) is 17.5. The fourth-order valence-electron chi connectivity index (χ4n) is 4.93. The summed E-state index contributed by atoms with van der Waals surface area (Å²) in [6, 6.07) is 14.8. The summed E-state index contributed by atoms with van der Waals surface area (Å²) >= 11 is 0. The van der Waals surface area contributed by atoms with Crippen molar-refractivity contribution in [3.8, 4) is 0 Å². The molecule has 0 atom stereocenters. The summed E-state index contributed by atoms with van der Waals surface area (Å²) in [6.45, 7) is 9.09. The predicted molar refractivity (Wildman–Crippen MR) is 143 cm³/mol. The Hall–Kier alpha value is -3.28. The van der Waals surface area contributed by atoms with Gasteiger partial charge in [-0.2, -0.15) is 0 Å². The van der Waals surface area contributed by atoms with Gasteiger partial charge in [0.15, 0.2) is 0 Å². The number of carbonyl (C=O) groups excluding carboxylic acids is 1. The summed E-state index contributed by atoms with van der Waals surface area (Å²) in [4.78, 5) is 27.1. The van der Waals surface area contributed by atoms with E-state index in [4.69, 9.17) is 9.97 Å². The number of nitrogens with zero attached hydrogens (tertiary/aromatic N) is 4. The first kappa shape index (κ1) is 25.8. The fraction of sp³-hybridized carbons (Fsp3) is 0.433. The van der Waals surface area contributed by atoms with E-state index in [9.17, 15) is 9.18 Å². The number of hydrogen-bond acceptors (Lipinski definition) is 4. The summed E-state index contributed by atoms with van der Waals surface area (Å²) in [5.74, 6) is 1.51. The van der Waals surface area contributed by atoms with E-state index >= 15 is 0 Å². The van der Waals surface area contributed by atoms with Crippen LogP contribution in [0.2, 0.25) is 0 Å². The van der Waals surface area contributed by atoms with Crippen LogP contribution in [0.1, 0.15) is 71.7 Å². The average molecular weight is 489 g/mol. The highest BCUT2D eigenvalue weighted by Crippen LogP contribution is 2.26. The minimum atomic E-state index is -0.234. The molecular weight excluding hydrogens is 451 g/mol. The van der Waals surface area contributed by atoms with Gasteiger partial charge in [-0.05, 0) is 68.0 Å². The Morgan fingerprint density at radius 1 is 0.972 bits per heavy atom. The van der Waals surface area contributed by atoms with Gasteiger partial charge in [0.1, 0.15) is 17.5 Å². The molecule has 0 radical (unpaired) electrons. The van der Waals surface area contributed by atoms with Gasteiger partial charge in [-0.3, -0.25) is 4.79 Å². The number of aryl methyl sites for hydroxylation is 3. The van der Waals surface area contributed by atoms with Crippen molar-refractivity contribution in [3.05, 3.63) is 88.1 Å². The van der Waals surface area contributed by atoms with Crippen molar-refractivity contribution in [2.75, 3.05) is 31.1 Å². The van der Waals surface area contributed by atoms with Gasteiger partial charge < -0.3 is 9.80 Å². The molecule has 36 heavy (non-hydrogen) atoms. The summed E-state index contributed by atoms with van der Waals surface area (Å²) in [6.07, 6.45) is 5.62. The normalized spacial score (nSPS) is 14.1. The number of benzene rings is 2. The minimum absolute atomic E-state index is 0.0898. The van der Waals surface area contributed by atoms with Crippen LogP contribution in [0.25, 0.3) is 0 Å². The van der Waals surface area contributed by atoms with Gasteiger partial charge in [0.25, 0.3) is 5.91 Å². The molecule has 3 aromatic rings. The van der Waals surface area contributed by atoms with E-state index in [2.05, 4.69) is 30.9 Å². The summed E-state index contributed by atoms with van der Waals surface area (Å²) in [7, 11) is 0. The predicted octanol–water partition coefficient (Wildman–Crippen LogP) is 5.77. The lowest BCUT2D eigenvalue weighted by Crippen LogP contribution is -2.35. The van der Waals surface area contributed by atoms with Crippen LogP contribution in [0, 0.1) is 12.7 Å². The largest absolute Gasteiger partial charge is 0.354 e. The van der Waals surface area contributed by atoms with Crippen LogP contribution < -0.4 is 4.90 Å². The fourth-order valence-corrected chi connectivity index (χ4v) is 4.93. The van der Waals surface area contributed by atoms with Crippen molar-refractivity contribution in [2.45, 2.75) is 59.3 Å². The monoisotopic (exact) mass is 488 g/mol. The van der Waals surface area contributed by atoms with E-state index in [1.807, 2.05) is 30.0 Å². The third kappa shape index (κ3) is 6.28. The topological polar surface area (TPSA) is 49.3 Å². The van der Waals surface area contributed by atoms with E-state index in [0.29, 0.717) is 19.5 Å². The molecule has 1 saturated heterocycles. The molecule has 190 valence electrons. The van der Waals surface area contributed by atoms with Crippen molar-refractivity contribution >= 4 is 11.7 Å². The Morgan fingerprint density at radius 3 is 2.50 bits per heavy atom. The highest BCUT2D eigenvalue weighted by molar-refractivity contribution is 5.94. The lowest BCUT2D eigenvalue weighted by molar-refractivity contribution is 0.0767. The maximum Gasteiger partial charge on any atom is 0.253 e. The van der Waals surface area contributed by atoms with Crippen LogP contribution in [0.5, 0.6) is 0 Å². The van der Waals surface area contributed by atoms with Crippen molar-refractivity contribution in [2.24, 2.45) is 0 Å². The van der Waals surface area contributed by atoms with Gasteiger partial charge in [-0.25, -0.2) is 14.4 Å². The molecule has 2 heterocycles. The van der Waals surface area contributed by atoms with Gasteiger partial charge in [-0.1, -0.05) is 44.5 Å². The molecule has 5 nitrogen and oxygen atoms in total. The highest BCUT2D eigenvalue weighted by atomic mass is 19.1. The van der Waals surface area contributed by atoms with Crippen LogP contribution in [0.4, 0.5) is 10.2 Å². The molecule has 0 unspecified atom stereocenters. The number of anilines is 1. The number of amides is 1. The van der Waals surface area contributed by atoms with Gasteiger partial charge in [0.2, 0.25) is 0 Å². The molecule has 0 bridgehead atoms. The minimum Gasteiger partial charge on any atom is -0.354 e. The molecule has 0 spiro atoms. The van der Waals surface area contributed by atoms with E-state index in [1.54, 1.807) is 12.1 Å². The van der Waals surface area contributed by atoms with E-state index < -0.39 is 0 Å². The SMILES string of the molecule is CCCCc1ccc(C(=O)N2CCCN(c3nc(C)nc(CC)c3Cc3cccc(F)c3)CC2)cc1. The van der Waals surface area contributed by atoms with Gasteiger partial charge in [-0.15, -0.1) is 0 Å². The molecule has 1 fully saturated rings. The third-order valence-corrected chi connectivity index (χ3v) is 6.89. The van der Waals surface area contributed by atoms with E-state index in [-0.39, 0.29) is 11.7 Å². The third-order valence-electron chi connectivity index (χ3n) is 6.89. The zero-order valence-electron chi connectivity index (χ0n) is 21.8. The first-order valence-corrected chi connectivity index (χ1v) is 13.2. The summed E-state index contributed by atoms with van der Waals surface area (Å²) in [5.41, 5.74) is 5.00. The Morgan fingerprint density at radius 2 is 1.78 bits per heavy atom. The van der Waals surface area contributed by atoms with Crippen LogP contribution in [-0.2, 0) is 19.3 Å². The molecular formula is C30H37FN4O. The van der Waals surface area contributed by atoms with Crippen molar-refractivity contribution in [1.82, 2.24) is 14.9 Å².